The highest BCUT2D eigenvalue weighted by Gasteiger charge is 2.15. The van der Waals surface area contributed by atoms with Crippen LogP contribution in [0.3, 0.4) is 0 Å². The van der Waals surface area contributed by atoms with Crippen LogP contribution in [0.4, 0.5) is 11.4 Å². The average Bonchev–Trinajstić information content (AvgIpc) is 2.47. The van der Waals surface area contributed by atoms with Crippen LogP contribution in [-0.4, -0.2) is 4.92 Å². The summed E-state index contributed by atoms with van der Waals surface area (Å²) in [4.78, 5) is 10.4. The van der Waals surface area contributed by atoms with Gasteiger partial charge in [-0.15, -0.1) is 0 Å². The average molecular weight is 281 g/mol. The molecule has 0 spiro atoms. The minimum atomic E-state index is -0.540. The first-order valence-corrected chi connectivity index (χ1v) is 6.53. The van der Waals surface area contributed by atoms with E-state index in [1.165, 1.54) is 12.1 Å². The molecular formula is C16H15N3O2. The van der Waals surface area contributed by atoms with E-state index in [9.17, 15) is 10.1 Å². The molecule has 0 heterocycles. The Bertz CT molecular complexity index is 720. The van der Waals surface area contributed by atoms with E-state index in [-0.39, 0.29) is 17.3 Å². The topological polar surface area (TPSA) is 79.0 Å². The van der Waals surface area contributed by atoms with Gasteiger partial charge in [-0.1, -0.05) is 24.3 Å². The molecule has 0 amide bonds. The van der Waals surface area contributed by atoms with E-state index >= 15 is 0 Å². The van der Waals surface area contributed by atoms with Gasteiger partial charge < -0.3 is 5.32 Å². The minimum Gasteiger partial charge on any atom is -0.378 e. The highest BCUT2D eigenvalue weighted by Crippen LogP contribution is 2.26. The largest absolute Gasteiger partial charge is 0.378 e. The number of nitrogens with zero attached hydrogens (tertiary/aromatic N) is 2. The third-order valence-electron chi connectivity index (χ3n) is 3.35. The van der Waals surface area contributed by atoms with E-state index in [0.29, 0.717) is 5.69 Å². The van der Waals surface area contributed by atoms with E-state index in [2.05, 4.69) is 5.32 Å². The molecule has 0 aliphatic rings. The second-order valence-corrected chi connectivity index (χ2v) is 4.82. The molecule has 0 aromatic heterocycles. The molecule has 1 atom stereocenters. The van der Waals surface area contributed by atoms with Crippen molar-refractivity contribution in [3.05, 3.63) is 69.3 Å². The molecule has 106 valence electrons. The molecule has 2 aromatic carbocycles. The van der Waals surface area contributed by atoms with Gasteiger partial charge >= 0.3 is 0 Å². The van der Waals surface area contributed by atoms with Crippen LogP contribution in [-0.2, 0) is 0 Å². The Hall–Kier alpha value is -2.87. The third kappa shape index (κ3) is 3.18. The molecule has 1 unspecified atom stereocenters. The molecule has 1 N–H and O–H groups in total. The summed E-state index contributed by atoms with van der Waals surface area (Å²) in [6.07, 6.45) is 0. The predicted octanol–water partition coefficient (Wildman–Crippen LogP) is 3.95. The molecule has 0 bridgehead atoms. The fourth-order valence-electron chi connectivity index (χ4n) is 2.27. The molecule has 0 aliphatic carbocycles. The molecule has 0 radical (unpaired) electrons. The van der Waals surface area contributed by atoms with Crippen molar-refractivity contribution in [1.29, 1.82) is 5.26 Å². The van der Waals surface area contributed by atoms with Crippen molar-refractivity contribution in [2.24, 2.45) is 0 Å². The Morgan fingerprint density at radius 3 is 2.62 bits per heavy atom. The second-order valence-electron chi connectivity index (χ2n) is 4.82. The zero-order valence-electron chi connectivity index (χ0n) is 11.8. The standard InChI is InChI=1S/C16H15N3O2/c1-11-5-3-4-6-15(11)12(2)18-14-8-7-13(10-17)16(9-14)19(20)21/h3-9,12,18H,1-2H3. The Kier molecular flexibility index (Phi) is 4.19. The van der Waals surface area contributed by atoms with Crippen LogP contribution in [0.5, 0.6) is 0 Å². The van der Waals surface area contributed by atoms with Crippen LogP contribution < -0.4 is 5.32 Å². The van der Waals surface area contributed by atoms with Crippen molar-refractivity contribution < 1.29 is 4.92 Å². The summed E-state index contributed by atoms with van der Waals surface area (Å²) in [5.41, 5.74) is 2.79. The molecule has 2 aromatic rings. The highest BCUT2D eigenvalue weighted by atomic mass is 16.6. The number of nitro benzene ring substituents is 1. The summed E-state index contributed by atoms with van der Waals surface area (Å²) in [6, 6.07) is 14.4. The number of anilines is 1. The molecule has 0 saturated heterocycles. The Labute approximate surface area is 123 Å². The maximum Gasteiger partial charge on any atom is 0.289 e. The van der Waals surface area contributed by atoms with Gasteiger partial charge in [0.2, 0.25) is 0 Å². The lowest BCUT2D eigenvalue weighted by Crippen LogP contribution is -2.08. The molecule has 0 saturated carbocycles. The van der Waals surface area contributed by atoms with Gasteiger partial charge in [-0.25, -0.2) is 0 Å². The second kappa shape index (κ2) is 6.06. The third-order valence-corrected chi connectivity index (χ3v) is 3.35. The van der Waals surface area contributed by atoms with Crippen LogP contribution in [0.25, 0.3) is 0 Å². The number of hydrogen-bond acceptors (Lipinski definition) is 4. The van der Waals surface area contributed by atoms with E-state index in [1.54, 1.807) is 6.07 Å². The van der Waals surface area contributed by atoms with Gasteiger partial charge in [-0.2, -0.15) is 5.26 Å². The Balaban J connectivity index is 2.28. The van der Waals surface area contributed by atoms with E-state index in [0.717, 1.165) is 11.1 Å². The molecule has 21 heavy (non-hydrogen) atoms. The molecule has 0 aliphatic heterocycles. The minimum absolute atomic E-state index is 0.0127. The maximum absolute atomic E-state index is 11.0. The van der Waals surface area contributed by atoms with Gasteiger partial charge in [0, 0.05) is 17.8 Å². The van der Waals surface area contributed by atoms with Gasteiger partial charge in [-0.05, 0) is 37.1 Å². The quantitative estimate of drug-likeness (QED) is 0.679. The number of benzene rings is 2. The van der Waals surface area contributed by atoms with Gasteiger partial charge in [0.15, 0.2) is 0 Å². The van der Waals surface area contributed by atoms with Crippen LogP contribution in [0.2, 0.25) is 0 Å². The predicted molar refractivity (Wildman–Crippen MR) is 81.0 cm³/mol. The van der Waals surface area contributed by atoms with E-state index in [4.69, 9.17) is 5.26 Å². The summed E-state index contributed by atoms with van der Waals surface area (Å²) >= 11 is 0. The smallest absolute Gasteiger partial charge is 0.289 e. The molecule has 5 nitrogen and oxygen atoms in total. The number of hydrogen-bond donors (Lipinski definition) is 1. The fraction of sp³-hybridized carbons (Fsp3) is 0.188. The lowest BCUT2D eigenvalue weighted by Gasteiger charge is -2.17. The Morgan fingerprint density at radius 2 is 2.00 bits per heavy atom. The van der Waals surface area contributed by atoms with Crippen molar-refractivity contribution in [3.8, 4) is 6.07 Å². The molecular weight excluding hydrogens is 266 g/mol. The molecule has 0 fully saturated rings. The van der Waals surface area contributed by atoms with Crippen molar-refractivity contribution in [3.63, 3.8) is 0 Å². The summed E-state index contributed by atoms with van der Waals surface area (Å²) in [5.74, 6) is 0. The van der Waals surface area contributed by atoms with Crippen LogP contribution >= 0.6 is 0 Å². The van der Waals surface area contributed by atoms with Crippen molar-refractivity contribution in [2.45, 2.75) is 19.9 Å². The molecule has 5 heteroatoms. The van der Waals surface area contributed by atoms with Gasteiger partial charge in [0.05, 0.1) is 4.92 Å². The van der Waals surface area contributed by atoms with Gasteiger partial charge in [0.25, 0.3) is 5.69 Å². The van der Waals surface area contributed by atoms with Crippen LogP contribution in [0.1, 0.15) is 29.7 Å². The number of nitro groups is 1. The maximum atomic E-state index is 11.0. The summed E-state index contributed by atoms with van der Waals surface area (Å²) in [6.45, 7) is 4.01. The zero-order valence-corrected chi connectivity index (χ0v) is 11.8. The lowest BCUT2D eigenvalue weighted by atomic mass is 10.0. The first-order valence-electron chi connectivity index (χ1n) is 6.53. The zero-order chi connectivity index (χ0) is 15.4. The van der Waals surface area contributed by atoms with Gasteiger partial charge in [0.1, 0.15) is 11.6 Å². The summed E-state index contributed by atoms with van der Waals surface area (Å²) in [7, 11) is 0. The summed E-state index contributed by atoms with van der Waals surface area (Å²) in [5, 5.41) is 23.1. The van der Waals surface area contributed by atoms with E-state index < -0.39 is 4.92 Å². The number of nitrogens with one attached hydrogen (secondary N) is 1. The molecule has 2 rings (SSSR count). The fourth-order valence-corrected chi connectivity index (χ4v) is 2.27. The lowest BCUT2D eigenvalue weighted by molar-refractivity contribution is -0.385. The first kappa shape index (κ1) is 14.5. The number of aryl methyl sites for hydroxylation is 1. The highest BCUT2D eigenvalue weighted by molar-refractivity contribution is 5.59. The van der Waals surface area contributed by atoms with Crippen LogP contribution in [0.15, 0.2) is 42.5 Å². The number of rotatable bonds is 4. The Morgan fingerprint density at radius 1 is 1.29 bits per heavy atom. The van der Waals surface area contributed by atoms with Crippen molar-refractivity contribution >= 4 is 11.4 Å². The van der Waals surface area contributed by atoms with Gasteiger partial charge in [-0.3, -0.25) is 10.1 Å². The van der Waals surface area contributed by atoms with Crippen molar-refractivity contribution in [2.75, 3.05) is 5.32 Å². The van der Waals surface area contributed by atoms with Crippen molar-refractivity contribution in [1.82, 2.24) is 0 Å². The normalized spacial score (nSPS) is 11.5. The monoisotopic (exact) mass is 281 g/mol. The first-order chi connectivity index (χ1) is 10.0. The van der Waals surface area contributed by atoms with Crippen LogP contribution in [0, 0.1) is 28.4 Å². The SMILES string of the molecule is Cc1ccccc1C(C)Nc1ccc(C#N)c([N+](=O)[O-])c1. The van der Waals surface area contributed by atoms with E-state index in [1.807, 2.05) is 44.2 Å². The number of nitriles is 1. The summed E-state index contributed by atoms with van der Waals surface area (Å²) < 4.78 is 0.